The third kappa shape index (κ3) is 18.2. The van der Waals surface area contributed by atoms with Crippen LogP contribution < -0.4 is 4.74 Å². The number of rotatable bonds is 23. The molecule has 0 saturated heterocycles. The van der Waals surface area contributed by atoms with Crippen molar-refractivity contribution in [3.05, 3.63) is 35.4 Å². The quantitative estimate of drug-likeness (QED) is 0.0951. The number of carbonyl (C=O) groups is 1. The Balaban J connectivity index is 1.97. The molecule has 0 atom stereocenters. The van der Waals surface area contributed by atoms with Crippen molar-refractivity contribution in [2.45, 2.75) is 123 Å². The van der Waals surface area contributed by atoms with Gasteiger partial charge in [-0.2, -0.15) is 0 Å². The lowest BCUT2D eigenvalue weighted by Crippen LogP contribution is -2.07. The Labute approximate surface area is 215 Å². The maximum absolute atomic E-state index is 11.9. The van der Waals surface area contributed by atoms with Crippen LogP contribution in [0.5, 0.6) is 5.75 Å². The van der Waals surface area contributed by atoms with Crippen LogP contribution in [0.1, 0.15) is 129 Å². The van der Waals surface area contributed by atoms with Gasteiger partial charge in [0.2, 0.25) is 0 Å². The Kier molecular flexibility index (Phi) is 20.2. The van der Waals surface area contributed by atoms with E-state index < -0.39 is 0 Å². The zero-order valence-corrected chi connectivity index (χ0v) is 22.7. The van der Waals surface area contributed by atoms with Crippen molar-refractivity contribution < 1.29 is 19.4 Å². The lowest BCUT2D eigenvalue weighted by molar-refractivity contribution is -0.139. The minimum absolute atomic E-state index is 0.0247. The van der Waals surface area contributed by atoms with E-state index in [1.165, 1.54) is 96.3 Å². The molecule has 0 aromatic heterocycles. The molecule has 4 nitrogen and oxygen atoms in total. The summed E-state index contributed by atoms with van der Waals surface area (Å²) in [5, 5.41) is 8.75. The van der Waals surface area contributed by atoms with Crippen molar-refractivity contribution >= 4 is 12.0 Å². The summed E-state index contributed by atoms with van der Waals surface area (Å²) in [4.78, 5) is 11.9. The SMILES string of the molecule is CCCCCCCCCCCCCCCCCCOc1ccc(/C=C(\C)C(=O)OCCCO)cc1. The molecule has 0 heterocycles. The Morgan fingerprint density at radius 2 is 1.20 bits per heavy atom. The van der Waals surface area contributed by atoms with Crippen LogP contribution in [0, 0.1) is 0 Å². The fourth-order valence-electron chi connectivity index (χ4n) is 4.15. The van der Waals surface area contributed by atoms with E-state index in [9.17, 15) is 4.79 Å². The maximum Gasteiger partial charge on any atom is 0.333 e. The van der Waals surface area contributed by atoms with Crippen LogP contribution in [0.4, 0.5) is 0 Å². The summed E-state index contributed by atoms with van der Waals surface area (Å²) in [7, 11) is 0. The number of benzene rings is 1. The van der Waals surface area contributed by atoms with Crippen molar-refractivity contribution in [3.63, 3.8) is 0 Å². The van der Waals surface area contributed by atoms with E-state index in [1.807, 2.05) is 24.3 Å². The number of aliphatic hydroxyl groups excluding tert-OH is 1. The summed E-state index contributed by atoms with van der Waals surface area (Å²) in [6, 6.07) is 7.80. The average molecular weight is 489 g/mol. The van der Waals surface area contributed by atoms with E-state index >= 15 is 0 Å². The van der Waals surface area contributed by atoms with Gasteiger partial charge in [0.1, 0.15) is 5.75 Å². The van der Waals surface area contributed by atoms with Crippen LogP contribution >= 0.6 is 0 Å². The highest BCUT2D eigenvalue weighted by molar-refractivity contribution is 5.93. The number of esters is 1. The molecular formula is C31H52O4. The second-order valence-corrected chi connectivity index (χ2v) is 9.76. The molecule has 0 aliphatic heterocycles. The molecule has 0 aliphatic rings. The summed E-state index contributed by atoms with van der Waals surface area (Å²) in [5.41, 5.74) is 1.49. The average Bonchev–Trinajstić information content (AvgIpc) is 2.87. The first kappa shape index (κ1) is 31.2. The molecule has 0 amide bonds. The molecule has 0 aliphatic carbocycles. The van der Waals surface area contributed by atoms with Gasteiger partial charge in [0.25, 0.3) is 0 Å². The van der Waals surface area contributed by atoms with E-state index in [0.717, 1.165) is 24.3 Å². The molecule has 4 heteroatoms. The Bertz CT molecular complexity index is 650. The third-order valence-electron chi connectivity index (χ3n) is 6.39. The normalized spacial score (nSPS) is 11.6. The van der Waals surface area contributed by atoms with Gasteiger partial charge in [0.05, 0.1) is 13.2 Å². The third-order valence-corrected chi connectivity index (χ3v) is 6.39. The summed E-state index contributed by atoms with van der Waals surface area (Å²) >= 11 is 0. The van der Waals surface area contributed by atoms with Gasteiger partial charge >= 0.3 is 5.97 Å². The molecule has 1 aromatic carbocycles. The van der Waals surface area contributed by atoms with Gasteiger partial charge in [0.15, 0.2) is 0 Å². The minimum atomic E-state index is -0.345. The lowest BCUT2D eigenvalue weighted by atomic mass is 10.0. The van der Waals surface area contributed by atoms with Crippen LogP contribution in [0.2, 0.25) is 0 Å². The second-order valence-electron chi connectivity index (χ2n) is 9.76. The summed E-state index contributed by atoms with van der Waals surface area (Å²) in [6.45, 7) is 5.04. The highest BCUT2D eigenvalue weighted by atomic mass is 16.5. The van der Waals surface area contributed by atoms with Crippen molar-refractivity contribution in [2.24, 2.45) is 0 Å². The highest BCUT2D eigenvalue weighted by Gasteiger charge is 2.05. The predicted molar refractivity (Wildman–Crippen MR) is 148 cm³/mol. The van der Waals surface area contributed by atoms with Crippen LogP contribution in [0.15, 0.2) is 29.8 Å². The van der Waals surface area contributed by atoms with Gasteiger partial charge in [-0.05, 0) is 37.1 Å². The van der Waals surface area contributed by atoms with Crippen molar-refractivity contribution in [3.8, 4) is 5.75 Å². The molecule has 0 bridgehead atoms. The van der Waals surface area contributed by atoms with Gasteiger partial charge < -0.3 is 14.6 Å². The fraction of sp³-hybridized carbons (Fsp3) is 0.710. The van der Waals surface area contributed by atoms with E-state index in [2.05, 4.69) is 6.92 Å². The first-order valence-corrected chi connectivity index (χ1v) is 14.4. The summed E-state index contributed by atoms with van der Waals surface area (Å²) in [5.74, 6) is 0.522. The Morgan fingerprint density at radius 3 is 1.69 bits per heavy atom. The molecule has 0 fully saturated rings. The standard InChI is InChI=1S/C31H52O4/c1-3-4-5-6-7-8-9-10-11-12-13-14-15-16-17-18-25-34-30-22-20-29(21-23-30)27-28(2)31(33)35-26-19-24-32/h20-23,27,32H,3-19,24-26H2,1-2H3/b28-27+. The van der Waals surface area contributed by atoms with Gasteiger partial charge in [-0.3, -0.25) is 0 Å². The van der Waals surface area contributed by atoms with Crippen LogP contribution in [0.25, 0.3) is 6.08 Å². The summed E-state index contributed by atoms with van der Waals surface area (Å²) < 4.78 is 11.0. The largest absolute Gasteiger partial charge is 0.494 e. The van der Waals surface area contributed by atoms with Crippen molar-refractivity contribution in [1.82, 2.24) is 0 Å². The second kappa shape index (κ2) is 22.6. The molecule has 0 saturated carbocycles. The first-order chi connectivity index (χ1) is 17.2. The topological polar surface area (TPSA) is 55.8 Å². The molecule has 35 heavy (non-hydrogen) atoms. The molecule has 0 radical (unpaired) electrons. The van der Waals surface area contributed by atoms with E-state index in [1.54, 1.807) is 13.0 Å². The van der Waals surface area contributed by atoms with Gasteiger partial charge in [0, 0.05) is 18.6 Å². The number of hydrogen-bond donors (Lipinski definition) is 1. The molecule has 0 spiro atoms. The summed E-state index contributed by atoms with van der Waals surface area (Å²) in [6.07, 6.45) is 24.2. The number of aliphatic hydroxyl groups is 1. The van der Waals surface area contributed by atoms with Gasteiger partial charge in [-0.1, -0.05) is 115 Å². The molecular weight excluding hydrogens is 436 g/mol. The molecule has 0 unspecified atom stereocenters. The van der Waals surface area contributed by atoms with E-state index in [4.69, 9.17) is 14.6 Å². The fourth-order valence-corrected chi connectivity index (χ4v) is 4.15. The molecule has 1 aromatic rings. The number of carbonyl (C=O) groups excluding carboxylic acids is 1. The maximum atomic E-state index is 11.9. The minimum Gasteiger partial charge on any atom is -0.494 e. The van der Waals surface area contributed by atoms with Gasteiger partial charge in [-0.15, -0.1) is 0 Å². The first-order valence-electron chi connectivity index (χ1n) is 14.4. The molecule has 1 N–H and O–H groups in total. The highest BCUT2D eigenvalue weighted by Crippen LogP contribution is 2.17. The number of unbranched alkanes of at least 4 members (excludes halogenated alkanes) is 15. The zero-order valence-electron chi connectivity index (χ0n) is 22.7. The Morgan fingerprint density at radius 1 is 0.714 bits per heavy atom. The predicted octanol–water partition coefficient (Wildman–Crippen LogP) is 8.66. The molecule has 1 rings (SSSR count). The number of hydrogen-bond acceptors (Lipinski definition) is 4. The number of ether oxygens (including phenoxy) is 2. The monoisotopic (exact) mass is 488 g/mol. The van der Waals surface area contributed by atoms with Crippen LogP contribution in [-0.2, 0) is 9.53 Å². The van der Waals surface area contributed by atoms with Crippen LogP contribution in [0.3, 0.4) is 0 Å². The van der Waals surface area contributed by atoms with Crippen LogP contribution in [-0.4, -0.2) is 30.9 Å². The van der Waals surface area contributed by atoms with Crippen molar-refractivity contribution in [1.29, 1.82) is 0 Å². The van der Waals surface area contributed by atoms with Crippen molar-refractivity contribution in [2.75, 3.05) is 19.8 Å². The zero-order chi connectivity index (χ0) is 25.4. The van der Waals surface area contributed by atoms with E-state index in [-0.39, 0.29) is 19.2 Å². The smallest absolute Gasteiger partial charge is 0.333 e. The van der Waals surface area contributed by atoms with E-state index in [0.29, 0.717) is 12.0 Å². The Hall–Kier alpha value is -1.81. The molecule has 200 valence electrons. The lowest BCUT2D eigenvalue weighted by Gasteiger charge is -2.07. The van der Waals surface area contributed by atoms with Gasteiger partial charge in [-0.25, -0.2) is 4.79 Å².